The molecule has 6 heteroatoms. The summed E-state index contributed by atoms with van der Waals surface area (Å²) in [5.74, 6) is -0.109. The Morgan fingerprint density at radius 1 is 1.00 bits per heavy atom. The molecule has 0 aliphatic heterocycles. The van der Waals surface area contributed by atoms with Gasteiger partial charge in [-0.25, -0.2) is 5.43 Å². The standard InChI is InChI=1S/C20H23N3O3/c1-13-5-7-17(9-14(13)2)22-19(24)11-20(25)23-21-12-16-6-8-18(26-4)10-15(16)3/h5-10,12H,11H2,1-4H3,(H,22,24)(H,23,25). The number of carbonyl (C=O) groups excluding carboxylic acids is 2. The Labute approximate surface area is 153 Å². The van der Waals surface area contributed by atoms with Crippen molar-refractivity contribution in [2.75, 3.05) is 12.4 Å². The lowest BCUT2D eigenvalue weighted by Crippen LogP contribution is -2.24. The number of ether oxygens (including phenoxy) is 1. The van der Waals surface area contributed by atoms with Crippen LogP contribution in [0, 0.1) is 20.8 Å². The Morgan fingerprint density at radius 3 is 2.42 bits per heavy atom. The highest BCUT2D eigenvalue weighted by Gasteiger charge is 2.09. The fraction of sp³-hybridized carbons (Fsp3) is 0.250. The van der Waals surface area contributed by atoms with Gasteiger partial charge in [0.15, 0.2) is 0 Å². The minimum Gasteiger partial charge on any atom is -0.497 e. The minimum absolute atomic E-state index is 0.300. The van der Waals surface area contributed by atoms with Gasteiger partial charge in [-0.05, 0) is 73.4 Å². The third-order valence-corrected chi connectivity index (χ3v) is 3.98. The van der Waals surface area contributed by atoms with Crippen molar-refractivity contribution in [1.82, 2.24) is 5.43 Å². The van der Waals surface area contributed by atoms with Crippen molar-refractivity contribution in [3.63, 3.8) is 0 Å². The zero-order valence-corrected chi connectivity index (χ0v) is 15.4. The van der Waals surface area contributed by atoms with Gasteiger partial charge in [0.05, 0.1) is 13.3 Å². The molecule has 2 aromatic carbocycles. The summed E-state index contributed by atoms with van der Waals surface area (Å²) >= 11 is 0. The molecule has 0 heterocycles. The van der Waals surface area contributed by atoms with Crippen molar-refractivity contribution in [1.29, 1.82) is 0 Å². The number of hydrazone groups is 1. The lowest BCUT2D eigenvalue weighted by Gasteiger charge is -2.07. The lowest BCUT2D eigenvalue weighted by atomic mass is 10.1. The van der Waals surface area contributed by atoms with Crippen LogP contribution in [0.15, 0.2) is 41.5 Å². The summed E-state index contributed by atoms with van der Waals surface area (Å²) in [5, 5.41) is 6.60. The maximum absolute atomic E-state index is 11.9. The molecule has 0 fully saturated rings. The number of hydrogen-bond donors (Lipinski definition) is 2. The summed E-state index contributed by atoms with van der Waals surface area (Å²) in [6, 6.07) is 11.1. The summed E-state index contributed by atoms with van der Waals surface area (Å²) in [6.07, 6.45) is 1.24. The number of aryl methyl sites for hydroxylation is 3. The van der Waals surface area contributed by atoms with Gasteiger partial charge in [0.2, 0.25) is 11.8 Å². The molecule has 2 rings (SSSR count). The van der Waals surface area contributed by atoms with E-state index in [0.29, 0.717) is 5.69 Å². The van der Waals surface area contributed by atoms with E-state index in [9.17, 15) is 9.59 Å². The molecule has 0 spiro atoms. The zero-order chi connectivity index (χ0) is 19.1. The SMILES string of the molecule is COc1ccc(C=NNC(=O)CC(=O)Nc2ccc(C)c(C)c2)c(C)c1. The van der Waals surface area contributed by atoms with Crippen LogP contribution in [0.1, 0.15) is 28.7 Å². The van der Waals surface area contributed by atoms with Gasteiger partial charge in [0.1, 0.15) is 12.2 Å². The molecule has 0 atom stereocenters. The summed E-state index contributed by atoms with van der Waals surface area (Å²) in [4.78, 5) is 23.8. The average molecular weight is 353 g/mol. The molecule has 6 nitrogen and oxygen atoms in total. The molecule has 0 bridgehead atoms. The monoisotopic (exact) mass is 353 g/mol. The van der Waals surface area contributed by atoms with Crippen LogP contribution in [0.3, 0.4) is 0 Å². The van der Waals surface area contributed by atoms with E-state index >= 15 is 0 Å². The van der Waals surface area contributed by atoms with E-state index in [-0.39, 0.29) is 12.3 Å². The van der Waals surface area contributed by atoms with E-state index in [0.717, 1.165) is 28.0 Å². The van der Waals surface area contributed by atoms with Gasteiger partial charge in [0, 0.05) is 5.69 Å². The highest BCUT2D eigenvalue weighted by atomic mass is 16.5. The van der Waals surface area contributed by atoms with Crippen LogP contribution >= 0.6 is 0 Å². The Morgan fingerprint density at radius 2 is 1.77 bits per heavy atom. The smallest absolute Gasteiger partial charge is 0.249 e. The zero-order valence-electron chi connectivity index (χ0n) is 15.4. The van der Waals surface area contributed by atoms with Crippen LogP contribution in [0.2, 0.25) is 0 Å². The van der Waals surface area contributed by atoms with E-state index in [1.165, 1.54) is 6.21 Å². The van der Waals surface area contributed by atoms with E-state index in [1.54, 1.807) is 7.11 Å². The second kappa shape index (κ2) is 8.80. The molecule has 0 saturated heterocycles. The van der Waals surface area contributed by atoms with Crippen LogP contribution in [0.5, 0.6) is 5.75 Å². The Kier molecular flexibility index (Phi) is 6.49. The molecular formula is C20H23N3O3. The molecule has 0 aliphatic carbocycles. The number of hydrogen-bond acceptors (Lipinski definition) is 4. The first-order valence-electron chi connectivity index (χ1n) is 8.22. The molecule has 2 amide bonds. The molecule has 2 aromatic rings. The predicted octanol–water partition coefficient (Wildman–Crippen LogP) is 3.10. The normalized spacial score (nSPS) is 10.6. The maximum Gasteiger partial charge on any atom is 0.249 e. The number of methoxy groups -OCH3 is 1. The van der Waals surface area contributed by atoms with E-state index in [4.69, 9.17) is 4.74 Å². The molecule has 0 unspecified atom stereocenters. The Bertz CT molecular complexity index is 844. The topological polar surface area (TPSA) is 79.8 Å². The van der Waals surface area contributed by atoms with Crippen molar-refractivity contribution < 1.29 is 14.3 Å². The highest BCUT2D eigenvalue weighted by molar-refractivity contribution is 6.03. The van der Waals surface area contributed by atoms with Gasteiger partial charge in [-0.15, -0.1) is 0 Å². The number of amides is 2. The van der Waals surface area contributed by atoms with E-state index < -0.39 is 5.91 Å². The summed E-state index contributed by atoms with van der Waals surface area (Å²) < 4.78 is 5.14. The van der Waals surface area contributed by atoms with Gasteiger partial charge >= 0.3 is 0 Å². The Balaban J connectivity index is 1.86. The molecule has 0 radical (unpaired) electrons. The molecular weight excluding hydrogens is 330 g/mol. The van der Waals surface area contributed by atoms with Crippen LogP contribution in [-0.2, 0) is 9.59 Å². The summed E-state index contributed by atoms with van der Waals surface area (Å²) in [6.45, 7) is 5.88. The first kappa shape index (κ1) is 19.2. The second-order valence-corrected chi connectivity index (χ2v) is 6.04. The van der Waals surface area contributed by atoms with Crippen molar-refractivity contribution in [2.45, 2.75) is 27.2 Å². The quantitative estimate of drug-likeness (QED) is 0.476. The largest absolute Gasteiger partial charge is 0.497 e. The molecule has 0 aromatic heterocycles. The van der Waals surface area contributed by atoms with Gasteiger partial charge in [-0.3, -0.25) is 9.59 Å². The van der Waals surface area contributed by atoms with Crippen LogP contribution < -0.4 is 15.5 Å². The van der Waals surface area contributed by atoms with E-state index in [1.807, 2.05) is 57.2 Å². The first-order valence-corrected chi connectivity index (χ1v) is 8.22. The van der Waals surface area contributed by atoms with E-state index in [2.05, 4.69) is 15.8 Å². The second-order valence-electron chi connectivity index (χ2n) is 6.04. The predicted molar refractivity (Wildman–Crippen MR) is 103 cm³/mol. The van der Waals surface area contributed by atoms with Crippen molar-refractivity contribution in [3.05, 3.63) is 58.7 Å². The minimum atomic E-state index is -0.478. The molecule has 0 aliphatic rings. The summed E-state index contributed by atoms with van der Waals surface area (Å²) in [7, 11) is 1.60. The van der Waals surface area contributed by atoms with Gasteiger partial charge < -0.3 is 10.1 Å². The third-order valence-electron chi connectivity index (χ3n) is 3.98. The number of anilines is 1. The van der Waals surface area contributed by atoms with Gasteiger partial charge in [0.25, 0.3) is 0 Å². The fourth-order valence-electron chi connectivity index (χ4n) is 2.30. The van der Waals surface area contributed by atoms with Crippen molar-refractivity contribution >= 4 is 23.7 Å². The number of nitrogens with one attached hydrogen (secondary N) is 2. The molecule has 26 heavy (non-hydrogen) atoms. The van der Waals surface area contributed by atoms with Crippen LogP contribution in [0.25, 0.3) is 0 Å². The first-order chi connectivity index (χ1) is 12.4. The molecule has 0 saturated carbocycles. The highest BCUT2D eigenvalue weighted by Crippen LogP contribution is 2.15. The maximum atomic E-state index is 11.9. The Hall–Kier alpha value is -3.15. The lowest BCUT2D eigenvalue weighted by molar-refractivity contribution is -0.126. The van der Waals surface area contributed by atoms with Crippen LogP contribution in [-0.4, -0.2) is 25.1 Å². The summed E-state index contributed by atoms with van der Waals surface area (Å²) in [5.41, 5.74) is 7.07. The molecule has 2 N–H and O–H groups in total. The van der Waals surface area contributed by atoms with Gasteiger partial charge in [-0.2, -0.15) is 5.10 Å². The van der Waals surface area contributed by atoms with Crippen molar-refractivity contribution in [3.8, 4) is 5.75 Å². The number of carbonyl (C=O) groups is 2. The fourth-order valence-corrected chi connectivity index (χ4v) is 2.30. The average Bonchev–Trinajstić information content (AvgIpc) is 2.59. The number of benzene rings is 2. The van der Waals surface area contributed by atoms with Crippen molar-refractivity contribution in [2.24, 2.45) is 5.10 Å². The van der Waals surface area contributed by atoms with Gasteiger partial charge in [-0.1, -0.05) is 6.07 Å². The third kappa shape index (κ3) is 5.44. The number of rotatable bonds is 6. The number of nitrogens with zero attached hydrogens (tertiary/aromatic N) is 1. The van der Waals surface area contributed by atoms with Crippen LogP contribution in [0.4, 0.5) is 5.69 Å². The molecule has 136 valence electrons.